The van der Waals surface area contributed by atoms with Crippen molar-refractivity contribution in [1.82, 2.24) is 4.90 Å². The van der Waals surface area contributed by atoms with E-state index in [1.807, 2.05) is 0 Å². The molecule has 1 aliphatic rings. The molecule has 0 amide bonds. The van der Waals surface area contributed by atoms with Crippen LogP contribution >= 0.6 is 0 Å². The second-order valence-electron chi connectivity index (χ2n) is 2.55. The molecule has 0 aromatic heterocycles. The number of nitrogens with zero attached hydrogens (tertiary/aromatic N) is 1. The van der Waals surface area contributed by atoms with Gasteiger partial charge in [0.1, 0.15) is 6.17 Å². The van der Waals surface area contributed by atoms with Crippen molar-refractivity contribution in [2.45, 2.75) is 18.6 Å². The predicted octanol–water partition coefficient (Wildman–Crippen LogP) is 0.149. The van der Waals surface area contributed by atoms with Crippen LogP contribution in [0.15, 0.2) is 0 Å². The van der Waals surface area contributed by atoms with E-state index in [2.05, 4.69) is 7.05 Å². The Morgan fingerprint density at radius 2 is 2.33 bits per heavy atom. The van der Waals surface area contributed by atoms with Crippen LogP contribution in [-0.2, 0) is 0 Å². The van der Waals surface area contributed by atoms with E-state index in [1.54, 1.807) is 4.90 Å². The van der Waals surface area contributed by atoms with Crippen LogP contribution in [0, 0.1) is 7.05 Å². The number of nitrogens with two attached hydrogens (primary N) is 1. The summed E-state index contributed by atoms with van der Waals surface area (Å²) in [4.78, 5) is 1.72. The number of hydrogen-bond acceptors (Lipinski definition) is 2. The van der Waals surface area contributed by atoms with Gasteiger partial charge in [-0.05, 0) is 13.0 Å². The molecule has 53 valence electrons. The summed E-state index contributed by atoms with van der Waals surface area (Å²) in [6.07, 6.45) is -0.152. The number of halogens is 1. The standard InChI is InChI=1S/C6H12FN2/c1-9-3-2-6(8)5(7)4-9/h5-6H,1-4,8H2. The van der Waals surface area contributed by atoms with Gasteiger partial charge in [-0.2, -0.15) is 0 Å². The topological polar surface area (TPSA) is 29.3 Å². The first-order valence-corrected chi connectivity index (χ1v) is 3.15. The molecule has 1 aliphatic heterocycles. The third-order valence-corrected chi connectivity index (χ3v) is 1.68. The summed E-state index contributed by atoms with van der Waals surface area (Å²) in [5.41, 5.74) is 5.41. The lowest BCUT2D eigenvalue weighted by molar-refractivity contribution is 0.154. The molecule has 9 heavy (non-hydrogen) atoms. The van der Waals surface area contributed by atoms with Gasteiger partial charge >= 0.3 is 0 Å². The average Bonchev–Trinajstić information content (AvgIpc) is 1.80. The Balaban J connectivity index is 2.35. The molecule has 1 saturated heterocycles. The third kappa shape index (κ3) is 1.63. The van der Waals surface area contributed by atoms with Gasteiger partial charge in [0.25, 0.3) is 0 Å². The first-order valence-electron chi connectivity index (χ1n) is 3.15. The Kier molecular flexibility index (Phi) is 2.03. The summed E-state index contributed by atoms with van der Waals surface area (Å²) < 4.78 is 12.6. The third-order valence-electron chi connectivity index (χ3n) is 1.68. The van der Waals surface area contributed by atoms with Gasteiger partial charge < -0.3 is 5.73 Å². The normalized spacial score (nSPS) is 39.0. The lowest BCUT2D eigenvalue weighted by Gasteiger charge is -2.29. The molecule has 2 N–H and O–H groups in total. The zero-order chi connectivity index (χ0) is 6.85. The van der Waals surface area contributed by atoms with E-state index in [9.17, 15) is 4.39 Å². The maximum atomic E-state index is 12.6. The van der Waals surface area contributed by atoms with Crippen LogP contribution < -0.4 is 5.73 Å². The van der Waals surface area contributed by atoms with Crippen LogP contribution in [0.1, 0.15) is 6.42 Å². The Labute approximate surface area is 54.8 Å². The molecule has 1 heterocycles. The Bertz CT molecular complexity index is 97.1. The molecule has 1 radical (unpaired) electrons. The Morgan fingerprint density at radius 1 is 1.67 bits per heavy atom. The van der Waals surface area contributed by atoms with E-state index < -0.39 is 6.17 Å². The van der Waals surface area contributed by atoms with E-state index in [-0.39, 0.29) is 6.04 Å². The highest BCUT2D eigenvalue weighted by molar-refractivity contribution is 4.81. The van der Waals surface area contributed by atoms with E-state index in [1.165, 1.54) is 0 Å². The maximum absolute atomic E-state index is 12.6. The van der Waals surface area contributed by atoms with Crippen LogP contribution in [-0.4, -0.2) is 30.2 Å². The van der Waals surface area contributed by atoms with Gasteiger partial charge in [0.15, 0.2) is 0 Å². The average molecular weight is 131 g/mol. The van der Waals surface area contributed by atoms with Crippen molar-refractivity contribution in [2.75, 3.05) is 13.1 Å². The molecule has 1 fully saturated rings. The molecule has 2 unspecified atom stereocenters. The zero-order valence-electron chi connectivity index (χ0n) is 5.39. The highest BCUT2D eigenvalue weighted by Gasteiger charge is 2.23. The van der Waals surface area contributed by atoms with Crippen molar-refractivity contribution in [1.29, 1.82) is 0 Å². The highest BCUT2D eigenvalue weighted by Crippen LogP contribution is 2.10. The number of rotatable bonds is 0. The lowest BCUT2D eigenvalue weighted by atomic mass is 10.1. The minimum absolute atomic E-state index is 0.261. The first-order chi connectivity index (χ1) is 4.20. The van der Waals surface area contributed by atoms with Crippen LogP contribution in [0.4, 0.5) is 4.39 Å². The SMILES string of the molecule is [CH2]N1CCC(N)C(F)C1. The molecule has 1 rings (SSSR count). The van der Waals surface area contributed by atoms with Crippen LogP contribution in [0.25, 0.3) is 0 Å². The molecule has 0 saturated carbocycles. The smallest absolute Gasteiger partial charge is 0.128 e. The van der Waals surface area contributed by atoms with Gasteiger partial charge in [0, 0.05) is 19.6 Å². The van der Waals surface area contributed by atoms with Gasteiger partial charge in [-0.25, -0.2) is 4.39 Å². The van der Waals surface area contributed by atoms with Crippen molar-refractivity contribution < 1.29 is 4.39 Å². The largest absolute Gasteiger partial charge is 0.325 e. The van der Waals surface area contributed by atoms with Crippen molar-refractivity contribution in [3.05, 3.63) is 7.05 Å². The number of piperidine rings is 1. The van der Waals surface area contributed by atoms with Crippen LogP contribution in [0.3, 0.4) is 0 Å². The fourth-order valence-corrected chi connectivity index (χ4v) is 0.986. The number of likely N-dealkylation sites (tertiary alicyclic amines) is 1. The van der Waals surface area contributed by atoms with Crippen molar-refractivity contribution in [3.8, 4) is 0 Å². The van der Waals surface area contributed by atoms with Gasteiger partial charge in [-0.15, -0.1) is 0 Å². The van der Waals surface area contributed by atoms with E-state index in [0.717, 1.165) is 13.0 Å². The van der Waals surface area contributed by atoms with Crippen molar-refractivity contribution in [3.63, 3.8) is 0 Å². The van der Waals surface area contributed by atoms with Gasteiger partial charge in [-0.3, -0.25) is 4.90 Å². The molecule has 2 nitrogen and oxygen atoms in total. The molecule has 0 aromatic rings. The Morgan fingerprint density at radius 3 is 2.78 bits per heavy atom. The van der Waals surface area contributed by atoms with E-state index in [0.29, 0.717) is 6.54 Å². The monoisotopic (exact) mass is 131 g/mol. The molecule has 3 heteroatoms. The summed E-state index contributed by atoms with van der Waals surface area (Å²) in [7, 11) is 3.62. The fourth-order valence-electron chi connectivity index (χ4n) is 0.986. The van der Waals surface area contributed by atoms with Gasteiger partial charge in [0.2, 0.25) is 0 Å². The molecular formula is C6H12FN2. The summed E-state index contributed by atoms with van der Waals surface area (Å²) in [5, 5.41) is 0. The van der Waals surface area contributed by atoms with E-state index >= 15 is 0 Å². The lowest BCUT2D eigenvalue weighted by Crippen LogP contribution is -2.46. The molecule has 0 aromatic carbocycles. The fraction of sp³-hybridized carbons (Fsp3) is 0.833. The zero-order valence-corrected chi connectivity index (χ0v) is 5.39. The van der Waals surface area contributed by atoms with E-state index in [4.69, 9.17) is 5.73 Å². The quantitative estimate of drug-likeness (QED) is 0.507. The van der Waals surface area contributed by atoms with Gasteiger partial charge in [0.05, 0.1) is 0 Å². The van der Waals surface area contributed by atoms with Crippen molar-refractivity contribution in [2.24, 2.45) is 5.73 Å². The second-order valence-corrected chi connectivity index (χ2v) is 2.55. The molecule has 0 bridgehead atoms. The highest BCUT2D eigenvalue weighted by atomic mass is 19.1. The summed E-state index contributed by atoms with van der Waals surface area (Å²) in [6, 6.07) is -0.261. The maximum Gasteiger partial charge on any atom is 0.128 e. The second kappa shape index (κ2) is 2.62. The number of alkyl halides is 1. The molecular weight excluding hydrogens is 119 g/mol. The summed E-state index contributed by atoms with van der Waals surface area (Å²) in [6.45, 7) is 1.21. The summed E-state index contributed by atoms with van der Waals surface area (Å²) >= 11 is 0. The minimum atomic E-state index is -0.878. The summed E-state index contributed by atoms with van der Waals surface area (Å²) in [5.74, 6) is 0. The van der Waals surface area contributed by atoms with Gasteiger partial charge in [-0.1, -0.05) is 0 Å². The Hall–Kier alpha value is -0.150. The number of hydrogen-bond donors (Lipinski definition) is 1. The van der Waals surface area contributed by atoms with Crippen molar-refractivity contribution >= 4 is 0 Å². The van der Waals surface area contributed by atoms with Crippen LogP contribution in [0.5, 0.6) is 0 Å². The first kappa shape index (κ1) is 6.96. The minimum Gasteiger partial charge on any atom is -0.325 e. The predicted molar refractivity (Wildman–Crippen MR) is 34.4 cm³/mol. The molecule has 2 atom stereocenters. The van der Waals surface area contributed by atoms with Crippen LogP contribution in [0.2, 0.25) is 0 Å². The molecule has 0 spiro atoms. The molecule has 0 aliphatic carbocycles.